The van der Waals surface area contributed by atoms with Crippen molar-refractivity contribution in [1.82, 2.24) is 9.21 Å². The molecule has 0 atom stereocenters. The lowest BCUT2D eigenvalue weighted by molar-refractivity contribution is 0.0795. The number of hydrogen-bond acceptors (Lipinski definition) is 5. The quantitative estimate of drug-likeness (QED) is 0.603. The van der Waals surface area contributed by atoms with Crippen molar-refractivity contribution >= 4 is 15.9 Å². The summed E-state index contributed by atoms with van der Waals surface area (Å²) in [5, 5.41) is 0. The van der Waals surface area contributed by atoms with Crippen LogP contribution in [0.2, 0.25) is 0 Å². The number of benzene rings is 2. The second-order valence-electron chi connectivity index (χ2n) is 8.11. The van der Waals surface area contributed by atoms with Gasteiger partial charge in [0, 0.05) is 32.2 Å². The molecule has 2 aromatic rings. The van der Waals surface area contributed by atoms with Crippen LogP contribution in [0.5, 0.6) is 11.5 Å². The van der Waals surface area contributed by atoms with Crippen molar-refractivity contribution < 1.29 is 22.7 Å². The molecule has 3 rings (SSSR count). The molecule has 0 spiro atoms. The fraction of sp³-hybridized carbons (Fsp3) is 0.458. The van der Waals surface area contributed by atoms with Crippen molar-refractivity contribution in [2.45, 2.75) is 37.5 Å². The Labute approximate surface area is 191 Å². The molecular formula is C24H32N2O5S. The summed E-state index contributed by atoms with van der Waals surface area (Å²) in [6, 6.07) is 10.5. The molecule has 0 aliphatic carbocycles. The van der Waals surface area contributed by atoms with Gasteiger partial charge in [-0.15, -0.1) is 0 Å². The van der Waals surface area contributed by atoms with Gasteiger partial charge in [-0.05, 0) is 61.6 Å². The maximum atomic E-state index is 13.1. The molecule has 7 nitrogen and oxygen atoms in total. The van der Waals surface area contributed by atoms with Crippen LogP contribution < -0.4 is 9.47 Å². The predicted molar refractivity (Wildman–Crippen MR) is 124 cm³/mol. The second kappa shape index (κ2) is 10.4. The molecule has 0 bridgehead atoms. The fourth-order valence-electron chi connectivity index (χ4n) is 3.89. The van der Waals surface area contributed by atoms with E-state index in [1.807, 2.05) is 25.1 Å². The fourth-order valence-corrected chi connectivity index (χ4v) is 5.43. The van der Waals surface area contributed by atoms with Gasteiger partial charge < -0.3 is 14.4 Å². The van der Waals surface area contributed by atoms with Gasteiger partial charge >= 0.3 is 0 Å². The first-order chi connectivity index (χ1) is 15.3. The number of ether oxygens (including phenoxy) is 2. The van der Waals surface area contributed by atoms with E-state index in [1.54, 1.807) is 38.3 Å². The summed E-state index contributed by atoms with van der Waals surface area (Å²) in [6.45, 7) is 3.37. The summed E-state index contributed by atoms with van der Waals surface area (Å²) in [5.74, 6) is 1.10. The molecule has 0 saturated carbocycles. The van der Waals surface area contributed by atoms with Gasteiger partial charge in [0.25, 0.3) is 5.91 Å². The Kier molecular flexibility index (Phi) is 7.79. The molecule has 2 aromatic carbocycles. The molecule has 0 aromatic heterocycles. The normalized spacial score (nSPS) is 14.8. The third-order valence-corrected chi connectivity index (χ3v) is 7.82. The Bertz CT molecular complexity index is 1060. The number of carbonyl (C=O) groups is 1. The molecule has 1 fully saturated rings. The highest BCUT2D eigenvalue weighted by Gasteiger charge is 2.27. The average molecular weight is 461 g/mol. The molecule has 32 heavy (non-hydrogen) atoms. The minimum atomic E-state index is -3.59. The number of rotatable bonds is 8. The van der Waals surface area contributed by atoms with Crippen molar-refractivity contribution in [3.63, 3.8) is 0 Å². The molecule has 1 amide bonds. The Balaban J connectivity index is 1.74. The zero-order valence-corrected chi connectivity index (χ0v) is 20.1. The topological polar surface area (TPSA) is 76.2 Å². The van der Waals surface area contributed by atoms with Gasteiger partial charge in [0.05, 0.1) is 19.1 Å². The highest BCUT2D eigenvalue weighted by Crippen LogP contribution is 2.28. The molecule has 1 aliphatic heterocycles. The molecule has 174 valence electrons. The van der Waals surface area contributed by atoms with Gasteiger partial charge in [0.1, 0.15) is 0 Å². The highest BCUT2D eigenvalue weighted by atomic mass is 32.2. The van der Waals surface area contributed by atoms with Gasteiger partial charge in [0.2, 0.25) is 10.0 Å². The van der Waals surface area contributed by atoms with Crippen LogP contribution in [0.1, 0.15) is 40.7 Å². The van der Waals surface area contributed by atoms with Crippen LogP contribution in [0.25, 0.3) is 0 Å². The first kappa shape index (κ1) is 24.1. The molecule has 1 aliphatic rings. The smallest absolute Gasteiger partial charge is 0.253 e. The maximum absolute atomic E-state index is 13.1. The first-order valence-electron chi connectivity index (χ1n) is 10.8. The van der Waals surface area contributed by atoms with Crippen molar-refractivity contribution in [3.8, 4) is 11.5 Å². The number of carbonyl (C=O) groups excluding carboxylic acids is 1. The van der Waals surface area contributed by atoms with Crippen LogP contribution >= 0.6 is 0 Å². The lowest BCUT2D eigenvalue weighted by Gasteiger charge is -2.26. The van der Waals surface area contributed by atoms with Crippen LogP contribution in [-0.2, 0) is 16.4 Å². The Morgan fingerprint density at radius 1 is 1.00 bits per heavy atom. The van der Waals surface area contributed by atoms with E-state index in [0.29, 0.717) is 43.1 Å². The third-order valence-electron chi connectivity index (χ3n) is 5.92. The lowest BCUT2D eigenvalue weighted by atomic mass is 10.1. The van der Waals surface area contributed by atoms with Crippen molar-refractivity contribution in [1.29, 1.82) is 0 Å². The van der Waals surface area contributed by atoms with E-state index in [2.05, 4.69) is 0 Å². The summed E-state index contributed by atoms with van der Waals surface area (Å²) in [4.78, 5) is 14.9. The summed E-state index contributed by atoms with van der Waals surface area (Å²) in [6.07, 6.45) is 3.42. The van der Waals surface area contributed by atoms with E-state index in [0.717, 1.165) is 30.4 Å². The average Bonchev–Trinajstić information content (AvgIpc) is 2.82. The number of sulfonamides is 1. The van der Waals surface area contributed by atoms with E-state index < -0.39 is 10.0 Å². The maximum Gasteiger partial charge on any atom is 0.253 e. The van der Waals surface area contributed by atoms with E-state index >= 15 is 0 Å². The SMILES string of the molecule is COc1ccc(CCN(C)C(=O)c2cc(S(=O)(=O)N3CCCCC3)ccc2C)cc1OC. The second-order valence-corrected chi connectivity index (χ2v) is 10.0. The van der Waals surface area contributed by atoms with Gasteiger partial charge in [-0.1, -0.05) is 18.6 Å². The molecule has 0 radical (unpaired) electrons. The molecular weight excluding hydrogens is 428 g/mol. The predicted octanol–water partition coefficient (Wildman–Crippen LogP) is 3.50. The molecule has 1 saturated heterocycles. The molecule has 1 heterocycles. The zero-order valence-electron chi connectivity index (χ0n) is 19.3. The van der Waals surface area contributed by atoms with Crippen LogP contribution in [-0.4, -0.2) is 64.4 Å². The largest absolute Gasteiger partial charge is 0.493 e. The number of piperidine rings is 1. The van der Waals surface area contributed by atoms with Gasteiger partial charge in [-0.2, -0.15) is 4.31 Å². The summed E-state index contributed by atoms with van der Waals surface area (Å²) in [7, 11) is 1.31. The van der Waals surface area contributed by atoms with E-state index in [-0.39, 0.29) is 10.8 Å². The number of likely N-dealkylation sites (N-methyl/N-ethyl adjacent to an activating group) is 1. The van der Waals surface area contributed by atoms with Crippen LogP contribution in [0.3, 0.4) is 0 Å². The zero-order chi connectivity index (χ0) is 23.3. The van der Waals surface area contributed by atoms with E-state index in [1.165, 1.54) is 10.4 Å². The van der Waals surface area contributed by atoms with Crippen LogP contribution in [0.4, 0.5) is 0 Å². The lowest BCUT2D eigenvalue weighted by Crippen LogP contribution is -2.36. The minimum Gasteiger partial charge on any atom is -0.493 e. The number of methoxy groups -OCH3 is 2. The summed E-state index contributed by atoms with van der Waals surface area (Å²) < 4.78 is 38.2. The Morgan fingerprint density at radius 3 is 2.34 bits per heavy atom. The van der Waals surface area contributed by atoms with Crippen LogP contribution in [0.15, 0.2) is 41.3 Å². The van der Waals surface area contributed by atoms with Gasteiger partial charge in [-0.3, -0.25) is 4.79 Å². The Morgan fingerprint density at radius 2 is 1.69 bits per heavy atom. The van der Waals surface area contributed by atoms with E-state index in [4.69, 9.17) is 9.47 Å². The molecule has 0 N–H and O–H groups in total. The minimum absolute atomic E-state index is 0.182. The van der Waals surface area contributed by atoms with Crippen LogP contribution in [0, 0.1) is 6.92 Å². The first-order valence-corrected chi connectivity index (χ1v) is 12.3. The molecule has 8 heteroatoms. The highest BCUT2D eigenvalue weighted by molar-refractivity contribution is 7.89. The monoisotopic (exact) mass is 460 g/mol. The number of amides is 1. The number of aryl methyl sites for hydroxylation is 1. The third kappa shape index (κ3) is 5.24. The van der Waals surface area contributed by atoms with E-state index in [9.17, 15) is 13.2 Å². The summed E-state index contributed by atoms with van der Waals surface area (Å²) >= 11 is 0. The molecule has 0 unspecified atom stereocenters. The summed E-state index contributed by atoms with van der Waals surface area (Å²) in [5.41, 5.74) is 2.18. The number of nitrogens with zero attached hydrogens (tertiary/aromatic N) is 2. The van der Waals surface area contributed by atoms with Crippen molar-refractivity contribution in [2.24, 2.45) is 0 Å². The number of hydrogen-bond donors (Lipinski definition) is 0. The van der Waals surface area contributed by atoms with Gasteiger partial charge in [0.15, 0.2) is 11.5 Å². The standard InChI is InChI=1S/C24H32N2O5S/c1-18-8-10-20(32(28,29)26-13-6-5-7-14-26)17-21(18)24(27)25(2)15-12-19-9-11-22(30-3)23(16-19)31-4/h8-11,16-17H,5-7,12-15H2,1-4H3. The Hall–Kier alpha value is -2.58. The van der Waals surface area contributed by atoms with Gasteiger partial charge in [-0.25, -0.2) is 8.42 Å². The van der Waals surface area contributed by atoms with Crippen molar-refractivity contribution in [3.05, 3.63) is 53.1 Å². The van der Waals surface area contributed by atoms with Crippen molar-refractivity contribution in [2.75, 3.05) is 40.9 Å².